The number of halogens is 1. The van der Waals surface area contributed by atoms with Crippen LogP contribution < -0.4 is 10.5 Å². The van der Waals surface area contributed by atoms with Gasteiger partial charge in [-0.15, -0.1) is 12.4 Å². The van der Waals surface area contributed by atoms with Crippen molar-refractivity contribution >= 4 is 18.1 Å². The Hall–Kier alpha value is -1.61. The molecule has 1 heterocycles. The highest BCUT2D eigenvalue weighted by Crippen LogP contribution is 2.24. The van der Waals surface area contributed by atoms with Crippen molar-refractivity contribution in [3.63, 3.8) is 0 Å². The molecule has 0 amide bonds. The highest BCUT2D eigenvalue weighted by Gasteiger charge is 2.01. The molecular weight excluding hydrogens is 212 g/mol. The summed E-state index contributed by atoms with van der Waals surface area (Å²) in [7, 11) is 1.62. The summed E-state index contributed by atoms with van der Waals surface area (Å²) in [5, 5.41) is 0. The van der Waals surface area contributed by atoms with Gasteiger partial charge in [-0.25, -0.2) is 0 Å². The summed E-state index contributed by atoms with van der Waals surface area (Å²) in [6, 6.07) is 9.66. The van der Waals surface area contributed by atoms with Crippen LogP contribution >= 0.6 is 12.4 Å². The van der Waals surface area contributed by atoms with Crippen LogP contribution in [-0.2, 0) is 0 Å². The molecule has 0 saturated heterocycles. The molecule has 3 nitrogen and oxygen atoms in total. The monoisotopic (exact) mass is 224 g/mol. The molecule has 0 atom stereocenters. The molecule has 0 bridgehead atoms. The SMILES string of the molecule is COc1cc(-n2cccc2)ccc1N.Cl. The summed E-state index contributed by atoms with van der Waals surface area (Å²) in [4.78, 5) is 0. The number of methoxy groups -OCH3 is 1. The van der Waals surface area contributed by atoms with Crippen molar-refractivity contribution in [3.05, 3.63) is 42.7 Å². The van der Waals surface area contributed by atoms with Crippen molar-refractivity contribution in [2.24, 2.45) is 0 Å². The van der Waals surface area contributed by atoms with Gasteiger partial charge in [0.05, 0.1) is 12.8 Å². The lowest BCUT2D eigenvalue weighted by Crippen LogP contribution is -1.95. The predicted molar refractivity (Wildman–Crippen MR) is 64.0 cm³/mol. The molecule has 1 aromatic carbocycles. The van der Waals surface area contributed by atoms with Gasteiger partial charge in [0.25, 0.3) is 0 Å². The topological polar surface area (TPSA) is 40.2 Å². The third-order valence-corrected chi connectivity index (χ3v) is 2.12. The zero-order valence-corrected chi connectivity index (χ0v) is 9.20. The summed E-state index contributed by atoms with van der Waals surface area (Å²) in [5.41, 5.74) is 7.42. The Bertz CT molecular complexity index is 426. The second-order valence-corrected chi connectivity index (χ2v) is 3.02. The Morgan fingerprint density at radius 1 is 1.20 bits per heavy atom. The smallest absolute Gasteiger partial charge is 0.143 e. The van der Waals surface area contributed by atoms with Gasteiger partial charge in [-0.3, -0.25) is 0 Å². The molecule has 1 aromatic heterocycles. The van der Waals surface area contributed by atoms with Crippen molar-refractivity contribution in [3.8, 4) is 11.4 Å². The first-order valence-electron chi connectivity index (χ1n) is 4.38. The number of aromatic nitrogens is 1. The van der Waals surface area contributed by atoms with Crippen LogP contribution in [0, 0.1) is 0 Å². The van der Waals surface area contributed by atoms with E-state index in [0.29, 0.717) is 11.4 Å². The molecule has 15 heavy (non-hydrogen) atoms. The van der Waals surface area contributed by atoms with E-state index in [9.17, 15) is 0 Å². The second kappa shape index (κ2) is 4.75. The number of nitrogens with two attached hydrogens (primary N) is 1. The van der Waals surface area contributed by atoms with Crippen LogP contribution in [0.2, 0.25) is 0 Å². The normalized spacial score (nSPS) is 9.40. The number of hydrogen-bond acceptors (Lipinski definition) is 2. The highest BCUT2D eigenvalue weighted by molar-refractivity contribution is 5.85. The molecule has 0 spiro atoms. The fourth-order valence-corrected chi connectivity index (χ4v) is 1.37. The van der Waals surface area contributed by atoms with Crippen molar-refractivity contribution < 1.29 is 4.74 Å². The number of benzene rings is 1. The number of anilines is 1. The molecule has 0 fully saturated rings. The van der Waals surface area contributed by atoms with Gasteiger partial charge in [0.1, 0.15) is 5.75 Å². The average molecular weight is 225 g/mol. The van der Waals surface area contributed by atoms with Crippen LogP contribution in [-0.4, -0.2) is 11.7 Å². The molecule has 0 radical (unpaired) electrons. The summed E-state index contributed by atoms with van der Waals surface area (Å²) in [6.45, 7) is 0. The van der Waals surface area contributed by atoms with Crippen LogP contribution in [0.15, 0.2) is 42.7 Å². The van der Waals surface area contributed by atoms with Crippen molar-refractivity contribution in [1.29, 1.82) is 0 Å². The molecule has 2 N–H and O–H groups in total. The fourth-order valence-electron chi connectivity index (χ4n) is 1.37. The van der Waals surface area contributed by atoms with Gasteiger partial charge in [0, 0.05) is 24.1 Å². The molecule has 4 heteroatoms. The first kappa shape index (κ1) is 11.5. The van der Waals surface area contributed by atoms with Gasteiger partial charge in [0.15, 0.2) is 0 Å². The second-order valence-electron chi connectivity index (χ2n) is 3.02. The molecule has 80 valence electrons. The zero-order valence-electron chi connectivity index (χ0n) is 8.38. The lowest BCUT2D eigenvalue weighted by atomic mass is 10.2. The predicted octanol–water partition coefficient (Wildman–Crippen LogP) is 2.49. The molecule has 0 saturated carbocycles. The van der Waals surface area contributed by atoms with E-state index in [1.165, 1.54) is 0 Å². The Morgan fingerprint density at radius 3 is 2.47 bits per heavy atom. The molecule has 2 aromatic rings. The lowest BCUT2D eigenvalue weighted by Gasteiger charge is -2.07. The third-order valence-electron chi connectivity index (χ3n) is 2.12. The lowest BCUT2D eigenvalue weighted by molar-refractivity contribution is 0.417. The van der Waals surface area contributed by atoms with Gasteiger partial charge in [0.2, 0.25) is 0 Å². The maximum atomic E-state index is 5.72. The van der Waals surface area contributed by atoms with Crippen molar-refractivity contribution in [2.75, 3.05) is 12.8 Å². The third kappa shape index (κ3) is 2.25. The minimum absolute atomic E-state index is 0. The maximum absolute atomic E-state index is 5.72. The maximum Gasteiger partial charge on any atom is 0.143 e. The van der Waals surface area contributed by atoms with Gasteiger partial charge in [-0.1, -0.05) is 0 Å². The quantitative estimate of drug-likeness (QED) is 0.797. The minimum Gasteiger partial charge on any atom is -0.495 e. The van der Waals surface area contributed by atoms with Gasteiger partial charge in [-0.2, -0.15) is 0 Å². The van der Waals surface area contributed by atoms with Gasteiger partial charge >= 0.3 is 0 Å². The zero-order chi connectivity index (χ0) is 9.97. The average Bonchev–Trinajstić information content (AvgIpc) is 2.71. The van der Waals surface area contributed by atoms with Gasteiger partial charge in [-0.05, 0) is 24.3 Å². The van der Waals surface area contributed by atoms with E-state index in [4.69, 9.17) is 10.5 Å². The van der Waals surface area contributed by atoms with Crippen LogP contribution in [0.1, 0.15) is 0 Å². The number of hydrogen-bond donors (Lipinski definition) is 1. The Balaban J connectivity index is 0.00000112. The Morgan fingerprint density at radius 2 is 1.87 bits per heavy atom. The molecule has 0 aliphatic carbocycles. The summed E-state index contributed by atoms with van der Waals surface area (Å²) in [5.74, 6) is 0.705. The summed E-state index contributed by atoms with van der Waals surface area (Å²) >= 11 is 0. The van der Waals surface area contributed by atoms with E-state index < -0.39 is 0 Å². The van der Waals surface area contributed by atoms with E-state index in [1.807, 2.05) is 47.3 Å². The molecule has 0 unspecified atom stereocenters. The number of rotatable bonds is 2. The van der Waals surface area contributed by atoms with E-state index in [-0.39, 0.29) is 12.4 Å². The minimum atomic E-state index is 0. The fraction of sp³-hybridized carbons (Fsp3) is 0.0909. The number of ether oxygens (including phenoxy) is 1. The van der Waals surface area contributed by atoms with Crippen LogP contribution in [0.5, 0.6) is 5.75 Å². The first-order chi connectivity index (χ1) is 6.81. The molecular formula is C11H13ClN2O. The molecule has 0 aliphatic heterocycles. The summed E-state index contributed by atoms with van der Waals surface area (Å²) in [6.07, 6.45) is 3.95. The van der Waals surface area contributed by atoms with E-state index in [0.717, 1.165) is 5.69 Å². The molecule has 0 aliphatic rings. The van der Waals surface area contributed by atoms with E-state index >= 15 is 0 Å². The van der Waals surface area contributed by atoms with E-state index in [1.54, 1.807) is 7.11 Å². The van der Waals surface area contributed by atoms with Crippen LogP contribution in [0.3, 0.4) is 0 Å². The van der Waals surface area contributed by atoms with Crippen LogP contribution in [0.25, 0.3) is 5.69 Å². The first-order valence-corrected chi connectivity index (χ1v) is 4.38. The highest BCUT2D eigenvalue weighted by atomic mass is 35.5. The van der Waals surface area contributed by atoms with E-state index in [2.05, 4.69) is 0 Å². The number of nitrogen functional groups attached to an aromatic ring is 1. The number of nitrogens with zero attached hydrogens (tertiary/aromatic N) is 1. The summed E-state index contributed by atoms with van der Waals surface area (Å²) < 4.78 is 7.15. The van der Waals surface area contributed by atoms with Crippen LogP contribution in [0.4, 0.5) is 5.69 Å². The van der Waals surface area contributed by atoms with Crippen molar-refractivity contribution in [1.82, 2.24) is 4.57 Å². The molecule has 2 rings (SSSR count). The van der Waals surface area contributed by atoms with Crippen molar-refractivity contribution in [2.45, 2.75) is 0 Å². The Kier molecular flexibility index (Phi) is 3.63. The standard InChI is InChI=1S/C11H12N2O.ClH/c1-14-11-8-9(4-5-10(11)12)13-6-2-3-7-13;/h2-8H,12H2,1H3;1H. The van der Waals surface area contributed by atoms with Gasteiger partial charge < -0.3 is 15.0 Å². The largest absolute Gasteiger partial charge is 0.495 e. The Labute approximate surface area is 94.9 Å².